The molecule has 6 heteroatoms. The number of aryl methyl sites for hydroxylation is 2. The Morgan fingerprint density at radius 1 is 0.969 bits per heavy atom. The van der Waals surface area contributed by atoms with E-state index >= 15 is 0 Å². The Hall–Kier alpha value is -3.93. The number of nitrogens with zero attached hydrogens (tertiary/aromatic N) is 2. The van der Waals surface area contributed by atoms with Crippen LogP contribution in [0, 0.1) is 0 Å². The topological polar surface area (TPSA) is 73.8 Å². The van der Waals surface area contributed by atoms with Gasteiger partial charge in [0.2, 0.25) is 6.17 Å². The van der Waals surface area contributed by atoms with Gasteiger partial charge in [0.15, 0.2) is 0 Å². The highest BCUT2D eigenvalue weighted by Gasteiger charge is 2.31. The molecule has 0 aromatic heterocycles. The van der Waals surface area contributed by atoms with Crippen molar-refractivity contribution in [1.82, 2.24) is 5.32 Å². The van der Waals surface area contributed by atoms with Gasteiger partial charge in [0.1, 0.15) is 0 Å². The zero-order valence-electron chi connectivity index (χ0n) is 17.8. The highest BCUT2D eigenvalue weighted by atomic mass is 16.2. The molecule has 0 spiro atoms. The standard InChI is InChI=1S/C26H24N4O2/c1-30-22-13-6-5-12-21(22)23(18-8-3-2-4-9-18)28-24(25(30)31)29-26(32)27-20-15-14-17-10-7-11-19(17)16-20/h2-6,8-9,12-16,24H,7,10-11H2,1H3,(H2,27,29,32). The summed E-state index contributed by atoms with van der Waals surface area (Å²) in [6.45, 7) is 0. The number of benzodiazepines with no additional fused rings is 1. The van der Waals surface area contributed by atoms with Crippen molar-refractivity contribution in [2.45, 2.75) is 25.4 Å². The number of hydrogen-bond acceptors (Lipinski definition) is 3. The average molecular weight is 425 g/mol. The van der Waals surface area contributed by atoms with Gasteiger partial charge in [-0.05, 0) is 48.6 Å². The summed E-state index contributed by atoms with van der Waals surface area (Å²) >= 11 is 0. The Kier molecular flexibility index (Phi) is 5.19. The first-order valence-corrected chi connectivity index (χ1v) is 10.8. The van der Waals surface area contributed by atoms with E-state index in [2.05, 4.69) is 16.7 Å². The van der Waals surface area contributed by atoms with E-state index in [0.29, 0.717) is 11.4 Å². The summed E-state index contributed by atoms with van der Waals surface area (Å²) in [6.07, 6.45) is 2.21. The summed E-state index contributed by atoms with van der Waals surface area (Å²) in [5.74, 6) is -0.299. The number of aliphatic imine (C=N–C) groups is 1. The van der Waals surface area contributed by atoms with Gasteiger partial charge in [-0.15, -0.1) is 0 Å². The van der Waals surface area contributed by atoms with Crippen LogP contribution in [0.2, 0.25) is 0 Å². The van der Waals surface area contributed by atoms with Crippen LogP contribution in [0.4, 0.5) is 16.2 Å². The molecule has 3 aromatic carbocycles. The summed E-state index contributed by atoms with van der Waals surface area (Å²) in [5, 5.41) is 5.62. The Balaban J connectivity index is 1.45. The molecule has 0 fully saturated rings. The third-order valence-corrected chi connectivity index (χ3v) is 6.01. The molecular formula is C26H24N4O2. The van der Waals surface area contributed by atoms with Crippen molar-refractivity contribution in [3.63, 3.8) is 0 Å². The SMILES string of the molecule is CN1C(=O)C(NC(=O)Nc2ccc3c(c2)CCC3)N=C(c2ccccc2)c2ccccc21. The third kappa shape index (κ3) is 3.75. The Morgan fingerprint density at radius 3 is 2.56 bits per heavy atom. The van der Waals surface area contributed by atoms with E-state index in [-0.39, 0.29) is 5.91 Å². The molecule has 3 aromatic rings. The van der Waals surface area contributed by atoms with E-state index in [4.69, 9.17) is 4.99 Å². The molecular weight excluding hydrogens is 400 g/mol. The normalized spacial score (nSPS) is 17.2. The smallest absolute Gasteiger partial charge is 0.311 e. The predicted molar refractivity (Wildman–Crippen MR) is 126 cm³/mol. The van der Waals surface area contributed by atoms with Gasteiger partial charge in [0, 0.05) is 23.9 Å². The van der Waals surface area contributed by atoms with Crippen molar-refractivity contribution in [3.05, 3.63) is 95.1 Å². The molecule has 1 aliphatic carbocycles. The minimum absolute atomic E-state index is 0.299. The molecule has 1 aliphatic heterocycles. The van der Waals surface area contributed by atoms with Crippen LogP contribution in [-0.2, 0) is 17.6 Å². The van der Waals surface area contributed by atoms with E-state index in [9.17, 15) is 9.59 Å². The lowest BCUT2D eigenvalue weighted by Gasteiger charge is -2.21. The molecule has 6 nitrogen and oxygen atoms in total. The third-order valence-electron chi connectivity index (χ3n) is 6.01. The highest BCUT2D eigenvalue weighted by molar-refractivity contribution is 6.20. The first-order valence-electron chi connectivity index (χ1n) is 10.8. The van der Waals surface area contributed by atoms with Gasteiger partial charge in [-0.1, -0.05) is 54.6 Å². The van der Waals surface area contributed by atoms with Crippen LogP contribution in [-0.4, -0.2) is 30.9 Å². The van der Waals surface area contributed by atoms with Crippen LogP contribution in [0.15, 0.2) is 77.8 Å². The summed E-state index contributed by atoms with van der Waals surface area (Å²) in [5.41, 5.74) is 6.48. The first kappa shape index (κ1) is 20.0. The van der Waals surface area contributed by atoms with Gasteiger partial charge in [-0.25, -0.2) is 9.79 Å². The number of anilines is 2. The number of rotatable bonds is 3. The van der Waals surface area contributed by atoms with Crippen LogP contribution in [0.3, 0.4) is 0 Å². The number of amides is 3. The second-order valence-corrected chi connectivity index (χ2v) is 8.10. The maximum Gasteiger partial charge on any atom is 0.321 e. The van der Waals surface area contributed by atoms with Gasteiger partial charge < -0.3 is 15.5 Å². The number of benzene rings is 3. The lowest BCUT2D eigenvalue weighted by molar-refractivity contribution is -0.119. The largest absolute Gasteiger partial charge is 0.321 e. The summed E-state index contributed by atoms with van der Waals surface area (Å²) in [7, 11) is 1.71. The number of fused-ring (bicyclic) bond motifs is 2. The average Bonchev–Trinajstić information content (AvgIpc) is 3.26. The van der Waals surface area contributed by atoms with Crippen LogP contribution in [0.1, 0.15) is 28.7 Å². The van der Waals surface area contributed by atoms with Crippen LogP contribution >= 0.6 is 0 Å². The van der Waals surface area contributed by atoms with Gasteiger partial charge in [0.05, 0.1) is 11.4 Å². The van der Waals surface area contributed by atoms with Gasteiger partial charge in [-0.3, -0.25) is 4.79 Å². The maximum atomic E-state index is 13.2. The highest BCUT2D eigenvalue weighted by Crippen LogP contribution is 2.27. The number of carbonyl (C=O) groups is 2. The number of urea groups is 1. The van der Waals surface area contributed by atoms with E-state index < -0.39 is 12.2 Å². The van der Waals surface area contributed by atoms with Gasteiger partial charge >= 0.3 is 6.03 Å². The fraction of sp³-hybridized carbons (Fsp3) is 0.192. The molecule has 0 bridgehead atoms. The number of hydrogen-bond donors (Lipinski definition) is 2. The molecule has 1 unspecified atom stereocenters. The predicted octanol–water partition coefficient (Wildman–Crippen LogP) is 4.14. The second-order valence-electron chi connectivity index (χ2n) is 8.10. The van der Waals surface area contributed by atoms with Gasteiger partial charge in [-0.2, -0.15) is 0 Å². The Morgan fingerprint density at radius 2 is 1.72 bits per heavy atom. The van der Waals surface area contributed by atoms with Crippen molar-refractivity contribution in [2.24, 2.45) is 4.99 Å². The molecule has 1 heterocycles. The van der Waals surface area contributed by atoms with Crippen molar-refractivity contribution < 1.29 is 9.59 Å². The summed E-state index contributed by atoms with van der Waals surface area (Å²) in [4.78, 5) is 32.3. The fourth-order valence-corrected chi connectivity index (χ4v) is 4.38. The van der Waals surface area contributed by atoms with Crippen molar-refractivity contribution in [1.29, 1.82) is 0 Å². The Labute approximate surface area is 187 Å². The van der Waals surface area contributed by atoms with E-state index in [0.717, 1.165) is 36.1 Å². The fourth-order valence-electron chi connectivity index (χ4n) is 4.38. The van der Waals surface area contributed by atoms with Crippen LogP contribution in [0.25, 0.3) is 0 Å². The molecule has 1 atom stereocenters. The summed E-state index contributed by atoms with van der Waals surface area (Å²) < 4.78 is 0. The molecule has 0 radical (unpaired) electrons. The molecule has 3 amide bonds. The van der Waals surface area contributed by atoms with E-state index in [1.165, 1.54) is 11.1 Å². The lowest BCUT2D eigenvalue weighted by Crippen LogP contribution is -2.47. The van der Waals surface area contributed by atoms with Crippen molar-refractivity contribution in [2.75, 3.05) is 17.3 Å². The number of likely N-dealkylation sites (N-methyl/N-ethyl adjacent to an activating group) is 1. The zero-order valence-corrected chi connectivity index (χ0v) is 17.8. The van der Waals surface area contributed by atoms with Crippen molar-refractivity contribution >= 4 is 29.0 Å². The number of carbonyl (C=O) groups excluding carboxylic acids is 2. The maximum absolute atomic E-state index is 13.2. The molecule has 32 heavy (non-hydrogen) atoms. The minimum Gasteiger partial charge on any atom is -0.311 e. The minimum atomic E-state index is -1.04. The first-order chi connectivity index (χ1) is 15.6. The monoisotopic (exact) mass is 424 g/mol. The van der Waals surface area contributed by atoms with E-state index in [1.807, 2.05) is 66.7 Å². The lowest BCUT2D eigenvalue weighted by atomic mass is 10.0. The van der Waals surface area contributed by atoms with Crippen LogP contribution in [0.5, 0.6) is 0 Å². The van der Waals surface area contributed by atoms with Crippen LogP contribution < -0.4 is 15.5 Å². The molecule has 2 aliphatic rings. The zero-order chi connectivity index (χ0) is 22.1. The number of para-hydroxylation sites is 1. The summed E-state index contributed by atoms with van der Waals surface area (Å²) in [6, 6.07) is 22.8. The molecule has 0 saturated carbocycles. The molecule has 2 N–H and O–H groups in total. The second kappa shape index (κ2) is 8.30. The van der Waals surface area contributed by atoms with Crippen molar-refractivity contribution in [3.8, 4) is 0 Å². The quantitative estimate of drug-likeness (QED) is 0.663. The molecule has 160 valence electrons. The van der Waals surface area contributed by atoms with Gasteiger partial charge in [0.25, 0.3) is 5.91 Å². The number of nitrogens with one attached hydrogen (secondary N) is 2. The molecule has 5 rings (SSSR count). The molecule has 0 saturated heterocycles. The van der Waals surface area contributed by atoms with E-state index in [1.54, 1.807) is 11.9 Å². The Bertz CT molecular complexity index is 1220.